The fourth-order valence-electron chi connectivity index (χ4n) is 8.05. The zero-order valence-corrected chi connectivity index (χ0v) is 32.6. The van der Waals surface area contributed by atoms with E-state index in [-0.39, 0.29) is 53.5 Å². The molecule has 0 fully saturated rings. The maximum absolute atomic E-state index is 12.6. The highest BCUT2D eigenvalue weighted by Crippen LogP contribution is 2.41. The summed E-state index contributed by atoms with van der Waals surface area (Å²) in [7, 11) is 0. The second kappa shape index (κ2) is 17.2. The molecule has 0 spiro atoms. The van der Waals surface area contributed by atoms with Crippen molar-refractivity contribution in [2.24, 2.45) is 0 Å². The first-order chi connectivity index (χ1) is 28.2. The lowest BCUT2D eigenvalue weighted by atomic mass is 9.97. The highest BCUT2D eigenvalue weighted by Gasteiger charge is 2.32. The molecule has 9 radical (unpaired) electrons. The molecule has 0 atom stereocenters. The Balaban J connectivity index is 0.000000149. The van der Waals surface area contributed by atoms with E-state index in [1.807, 2.05) is 104 Å². The zero-order valence-electron chi connectivity index (χ0n) is 32.6. The molecule has 12 heteroatoms. The van der Waals surface area contributed by atoms with Gasteiger partial charge in [-0.1, -0.05) is 133 Å². The number of pyridine rings is 3. The average molecular weight is 790 g/mol. The lowest BCUT2D eigenvalue weighted by molar-refractivity contribution is 0.0699. The molecule has 9 aromatic rings. The molecule has 3 N–H and O–H groups in total. The summed E-state index contributed by atoms with van der Waals surface area (Å²) >= 11 is 0. The largest absolute Gasteiger partial charge is 0.478 e. The molecular weight excluding hydrogens is 759 g/mol. The number of aromatic nitrogens is 3. The highest BCUT2D eigenvalue weighted by atomic mass is 16.4. The molecule has 2 aliphatic rings. The van der Waals surface area contributed by atoms with Crippen molar-refractivity contribution < 1.29 is 19.5 Å². The van der Waals surface area contributed by atoms with Crippen LogP contribution in [0.2, 0.25) is 0 Å². The van der Waals surface area contributed by atoms with Crippen LogP contribution in [-0.2, 0) is 0 Å². The molecule has 0 amide bonds. The van der Waals surface area contributed by atoms with Gasteiger partial charge in [-0.2, -0.15) is 0 Å². The summed E-state index contributed by atoms with van der Waals surface area (Å²) in [5.74, 6) is -1.05. The van der Waals surface area contributed by atoms with Gasteiger partial charge in [-0.05, 0) is 41.8 Å². The van der Waals surface area contributed by atoms with Gasteiger partial charge in [0.2, 0.25) is 0 Å². The predicted octanol–water partition coefficient (Wildman–Crippen LogP) is 8.25. The Labute approximate surface area is 354 Å². The number of aromatic carboxylic acids is 1. The van der Waals surface area contributed by atoms with Crippen LogP contribution in [0.1, 0.15) is 47.9 Å². The van der Waals surface area contributed by atoms with Crippen molar-refractivity contribution in [3.8, 4) is 33.4 Å². The SMILES string of the molecule is Cc1nc2ccccc2c2c1-c1ccccc1C2=O.O=C(O)c1c(-c2ccccc2)c(=O)[nH]c2ccccc12.O=C1c2ccccc2-c2c1c1ccccc1[nH]c2=O.[B].[B].[B]. The normalized spacial score (nSPS) is 11.3. The number of H-pyrrole nitrogens is 2. The van der Waals surface area contributed by atoms with E-state index >= 15 is 0 Å². The van der Waals surface area contributed by atoms with Crippen molar-refractivity contribution in [2.75, 3.05) is 0 Å². The monoisotopic (exact) mass is 790 g/mol. The number of hydrogen-bond acceptors (Lipinski definition) is 6. The third-order valence-corrected chi connectivity index (χ3v) is 10.5. The van der Waals surface area contributed by atoms with Crippen LogP contribution in [0.4, 0.5) is 0 Å². The molecule has 3 aromatic heterocycles. The average Bonchev–Trinajstić information content (AvgIpc) is 3.73. The van der Waals surface area contributed by atoms with Crippen molar-refractivity contribution in [1.82, 2.24) is 15.0 Å². The minimum atomic E-state index is -1.11. The van der Waals surface area contributed by atoms with Gasteiger partial charge in [-0.3, -0.25) is 24.2 Å². The first kappa shape index (κ1) is 42.8. The number of rotatable bonds is 2. The maximum Gasteiger partial charge on any atom is 0.337 e. The van der Waals surface area contributed by atoms with Crippen LogP contribution in [0.5, 0.6) is 0 Å². The van der Waals surface area contributed by atoms with Crippen molar-refractivity contribution in [3.05, 3.63) is 206 Å². The minimum absolute atomic E-state index is 0. The van der Waals surface area contributed by atoms with Gasteiger partial charge in [-0.25, -0.2) is 4.79 Å². The Bertz CT molecular complexity index is 3330. The van der Waals surface area contributed by atoms with E-state index in [9.17, 15) is 29.1 Å². The molecule has 2 aliphatic carbocycles. The second-order valence-electron chi connectivity index (χ2n) is 13.9. The van der Waals surface area contributed by atoms with E-state index in [2.05, 4.69) is 15.0 Å². The summed E-state index contributed by atoms with van der Waals surface area (Å²) in [5.41, 5.74) is 9.24. The van der Waals surface area contributed by atoms with Crippen molar-refractivity contribution in [1.29, 1.82) is 0 Å². The third-order valence-electron chi connectivity index (χ3n) is 10.5. The Morgan fingerprint density at radius 1 is 0.459 bits per heavy atom. The van der Waals surface area contributed by atoms with Crippen LogP contribution in [0.3, 0.4) is 0 Å². The summed E-state index contributed by atoms with van der Waals surface area (Å²) in [6.45, 7) is 1.97. The van der Waals surface area contributed by atoms with Crippen molar-refractivity contribution in [3.63, 3.8) is 0 Å². The summed E-state index contributed by atoms with van der Waals surface area (Å²) < 4.78 is 0. The molecule has 287 valence electrons. The number of aryl methyl sites for hydroxylation is 1. The molecule has 9 nitrogen and oxygen atoms in total. The minimum Gasteiger partial charge on any atom is -0.478 e. The van der Waals surface area contributed by atoms with E-state index in [0.29, 0.717) is 38.7 Å². The summed E-state index contributed by atoms with van der Waals surface area (Å²) in [4.78, 5) is 71.4. The number of ketones is 2. The molecule has 3 heterocycles. The molecule has 6 aromatic carbocycles. The number of nitrogens with zero attached hydrogens (tertiary/aromatic N) is 1. The van der Waals surface area contributed by atoms with Gasteiger partial charge >= 0.3 is 5.97 Å². The Morgan fingerprint density at radius 3 is 1.48 bits per heavy atom. The van der Waals surface area contributed by atoms with Crippen LogP contribution in [0, 0.1) is 6.92 Å². The van der Waals surface area contributed by atoms with Crippen LogP contribution in [-0.4, -0.2) is 62.8 Å². The third kappa shape index (κ3) is 7.18. The first-order valence-corrected chi connectivity index (χ1v) is 18.5. The highest BCUT2D eigenvalue weighted by molar-refractivity contribution is 6.28. The smallest absolute Gasteiger partial charge is 0.337 e. The molecule has 0 bridgehead atoms. The van der Waals surface area contributed by atoms with Crippen molar-refractivity contribution >= 4 is 75.5 Å². The molecule has 0 saturated carbocycles. The van der Waals surface area contributed by atoms with Gasteiger partial charge in [0.05, 0.1) is 22.2 Å². The second-order valence-corrected chi connectivity index (χ2v) is 13.9. The fraction of sp³-hybridized carbons (Fsp3) is 0.0204. The molecule has 0 saturated heterocycles. The fourth-order valence-corrected chi connectivity index (χ4v) is 8.05. The first-order valence-electron chi connectivity index (χ1n) is 18.5. The Kier molecular flexibility index (Phi) is 12.0. The van der Waals surface area contributed by atoms with Crippen LogP contribution in [0.25, 0.3) is 66.1 Å². The summed E-state index contributed by atoms with van der Waals surface area (Å²) in [6, 6.07) is 46.0. The molecule has 61 heavy (non-hydrogen) atoms. The van der Waals surface area contributed by atoms with Gasteiger partial charge in [0, 0.05) is 85.9 Å². The number of aromatic amines is 2. The van der Waals surface area contributed by atoms with E-state index in [4.69, 9.17) is 0 Å². The van der Waals surface area contributed by atoms with Crippen LogP contribution >= 0.6 is 0 Å². The maximum atomic E-state index is 12.6. The van der Waals surface area contributed by atoms with Gasteiger partial charge in [0.1, 0.15) is 0 Å². The lowest BCUT2D eigenvalue weighted by Gasteiger charge is -2.09. The molecule has 0 unspecified atom stereocenters. The number of nitrogens with one attached hydrogen (secondary N) is 2. The molecule has 0 aliphatic heterocycles. The number of fused-ring (bicyclic) bond motifs is 11. The number of carboxylic acids is 1. The van der Waals surface area contributed by atoms with Crippen LogP contribution in [0.15, 0.2) is 161 Å². The quantitative estimate of drug-likeness (QED) is 0.149. The topological polar surface area (TPSA) is 150 Å². The standard InChI is InChI=1S/C17H11NO.C16H11NO3.C16H9NO2.3B/c1-10-15-11-6-2-3-7-12(11)17(19)16(15)13-8-4-5-9-14(13)18-10;18-15-13(10-6-2-1-3-7-10)14(16(19)20)11-8-4-5-9-12(11)17-15;18-15-10-6-2-1-5-9(10)14-13(15)11-7-3-4-8-12(11)17-16(14)19;;;/h2-9H,1H3;1-9H,(H,17,18)(H,19,20);1-8H,(H,17,19);;;. The van der Waals surface area contributed by atoms with Crippen LogP contribution < -0.4 is 11.1 Å². The number of hydrogen-bond donors (Lipinski definition) is 3. The number of carbonyl (C=O) groups is 3. The van der Waals surface area contributed by atoms with Crippen molar-refractivity contribution in [2.45, 2.75) is 6.92 Å². The molecular formula is C49H31B3N3O6. The van der Waals surface area contributed by atoms with E-state index in [1.54, 1.807) is 54.6 Å². The predicted molar refractivity (Wildman–Crippen MR) is 243 cm³/mol. The number of carbonyl (C=O) groups excluding carboxylic acids is 2. The van der Waals surface area contributed by atoms with Gasteiger partial charge in [-0.15, -0.1) is 0 Å². The number of carboxylic acid groups (broad SMARTS) is 1. The number of benzene rings is 6. The lowest BCUT2D eigenvalue weighted by Crippen LogP contribution is -2.15. The van der Waals surface area contributed by atoms with Gasteiger partial charge in [0.15, 0.2) is 11.6 Å². The summed E-state index contributed by atoms with van der Waals surface area (Å²) in [5, 5.41) is 11.8. The Morgan fingerprint density at radius 2 is 0.885 bits per heavy atom. The van der Waals surface area contributed by atoms with E-state index < -0.39 is 11.5 Å². The molecule has 11 rings (SSSR count). The van der Waals surface area contributed by atoms with Gasteiger partial charge < -0.3 is 15.1 Å². The Hall–Kier alpha value is -7.85. The van der Waals surface area contributed by atoms with Gasteiger partial charge in [0.25, 0.3) is 11.1 Å². The van der Waals surface area contributed by atoms with E-state index in [0.717, 1.165) is 49.8 Å². The van der Waals surface area contributed by atoms with E-state index in [1.165, 1.54) is 0 Å². The summed E-state index contributed by atoms with van der Waals surface area (Å²) in [6.07, 6.45) is 0. The zero-order chi connectivity index (χ0) is 40.1. The number of para-hydroxylation sites is 3.